The lowest BCUT2D eigenvalue weighted by Crippen LogP contribution is -2.43. The number of esters is 1. The number of carbonyl (C=O) groups excluding carboxylic acids is 3. The number of ether oxygens (including phenoxy) is 1. The van der Waals surface area contributed by atoms with Crippen molar-refractivity contribution in [2.45, 2.75) is 18.3 Å². The quantitative estimate of drug-likeness (QED) is 0.768. The zero-order valence-electron chi connectivity index (χ0n) is 15.0. The van der Waals surface area contributed by atoms with Crippen molar-refractivity contribution >= 4 is 35.2 Å². The summed E-state index contributed by atoms with van der Waals surface area (Å²) in [6.07, 6.45) is 1.50. The maximum Gasteiger partial charge on any atom is 0.330 e. The summed E-state index contributed by atoms with van der Waals surface area (Å²) in [4.78, 5) is 38.0. The summed E-state index contributed by atoms with van der Waals surface area (Å²) in [6.45, 7) is 0.852. The molecular formula is C19H17N3O5S. The third kappa shape index (κ3) is 4.18. The number of nitrogens with zero attached hydrogens (tertiary/aromatic N) is 2. The van der Waals surface area contributed by atoms with E-state index >= 15 is 0 Å². The molecule has 1 N–H and O–H groups in total. The van der Waals surface area contributed by atoms with E-state index in [2.05, 4.69) is 5.32 Å². The van der Waals surface area contributed by atoms with E-state index in [4.69, 9.17) is 14.4 Å². The molecule has 1 fully saturated rings. The zero-order valence-corrected chi connectivity index (χ0v) is 15.8. The van der Waals surface area contributed by atoms with Crippen LogP contribution in [0, 0.1) is 11.3 Å². The average molecular weight is 399 g/mol. The molecule has 0 bridgehead atoms. The molecule has 2 amide bonds. The van der Waals surface area contributed by atoms with Crippen molar-refractivity contribution in [2.75, 3.05) is 17.7 Å². The number of nitriles is 1. The van der Waals surface area contributed by atoms with E-state index < -0.39 is 29.9 Å². The number of rotatable bonds is 5. The Labute approximate surface area is 165 Å². The largest absolute Gasteiger partial charge is 0.466 e. The molecule has 0 spiro atoms. The van der Waals surface area contributed by atoms with Gasteiger partial charge in [0.1, 0.15) is 23.2 Å². The molecule has 2 heterocycles. The molecule has 8 nitrogen and oxygen atoms in total. The second-order valence-electron chi connectivity index (χ2n) is 5.96. The second-order valence-corrected chi connectivity index (χ2v) is 7.07. The van der Waals surface area contributed by atoms with Gasteiger partial charge in [0.25, 0.3) is 5.91 Å². The monoisotopic (exact) mass is 399 g/mol. The summed E-state index contributed by atoms with van der Waals surface area (Å²) in [7, 11) is 0. The molecule has 1 aliphatic rings. The molecule has 0 unspecified atom stereocenters. The number of furan rings is 1. The number of anilines is 1. The van der Waals surface area contributed by atoms with Crippen molar-refractivity contribution < 1.29 is 23.5 Å². The summed E-state index contributed by atoms with van der Waals surface area (Å²) in [5.41, 5.74) is 0.643. The minimum absolute atomic E-state index is 0.291. The van der Waals surface area contributed by atoms with Crippen LogP contribution in [0.1, 0.15) is 23.6 Å². The highest BCUT2D eigenvalue weighted by molar-refractivity contribution is 7.99. The standard InChI is InChI=1S/C19H17N3O5S/c1-12(23)22-15(11-28-18(22)16-7-4-8-26-16)19(25)27-10-17(24)21-14-6-3-2-5-13(14)9-20/h2-8,15,18H,10-11H2,1H3,(H,21,24)/t15-,18-/m1/s1. The van der Waals surface area contributed by atoms with E-state index in [0.717, 1.165) is 0 Å². The van der Waals surface area contributed by atoms with Crippen LogP contribution in [0.25, 0.3) is 0 Å². The molecule has 1 aliphatic heterocycles. The first-order valence-corrected chi connectivity index (χ1v) is 9.45. The van der Waals surface area contributed by atoms with Gasteiger partial charge in [0.15, 0.2) is 6.61 Å². The maximum absolute atomic E-state index is 12.5. The summed E-state index contributed by atoms with van der Waals surface area (Å²) in [5, 5.41) is 11.2. The Morgan fingerprint density at radius 1 is 1.32 bits per heavy atom. The van der Waals surface area contributed by atoms with Gasteiger partial charge >= 0.3 is 5.97 Å². The maximum atomic E-state index is 12.5. The highest BCUT2D eigenvalue weighted by atomic mass is 32.2. The van der Waals surface area contributed by atoms with Gasteiger partial charge in [-0.1, -0.05) is 12.1 Å². The van der Waals surface area contributed by atoms with Crippen molar-refractivity contribution in [3.8, 4) is 6.07 Å². The smallest absolute Gasteiger partial charge is 0.330 e. The van der Waals surface area contributed by atoms with Gasteiger partial charge in [-0.3, -0.25) is 9.59 Å². The summed E-state index contributed by atoms with van der Waals surface area (Å²) < 4.78 is 10.5. The van der Waals surface area contributed by atoms with Crippen LogP contribution in [0.4, 0.5) is 5.69 Å². The average Bonchev–Trinajstić information content (AvgIpc) is 3.35. The Kier molecular flexibility index (Phi) is 6.01. The minimum Gasteiger partial charge on any atom is -0.466 e. The second kappa shape index (κ2) is 8.63. The number of hydrogen-bond donors (Lipinski definition) is 1. The number of thioether (sulfide) groups is 1. The molecule has 0 saturated carbocycles. The first-order chi connectivity index (χ1) is 13.5. The molecule has 0 radical (unpaired) electrons. The summed E-state index contributed by atoms with van der Waals surface area (Å²) >= 11 is 1.39. The Morgan fingerprint density at radius 2 is 2.11 bits per heavy atom. The number of amides is 2. The molecule has 1 saturated heterocycles. The van der Waals surface area contributed by atoms with Gasteiger partial charge in [-0.25, -0.2) is 4.79 Å². The van der Waals surface area contributed by atoms with Crippen molar-refractivity contribution in [3.05, 3.63) is 54.0 Å². The third-order valence-electron chi connectivity index (χ3n) is 4.09. The number of para-hydroxylation sites is 1. The fourth-order valence-corrected chi connectivity index (χ4v) is 4.25. The van der Waals surface area contributed by atoms with Crippen molar-refractivity contribution in [1.29, 1.82) is 5.26 Å². The topological polar surface area (TPSA) is 113 Å². The van der Waals surface area contributed by atoms with Gasteiger partial charge < -0.3 is 19.4 Å². The highest BCUT2D eigenvalue weighted by Gasteiger charge is 2.43. The zero-order chi connectivity index (χ0) is 20.1. The van der Waals surface area contributed by atoms with Gasteiger partial charge in [-0.2, -0.15) is 5.26 Å². The Bertz CT molecular complexity index is 922. The van der Waals surface area contributed by atoms with E-state index in [1.807, 2.05) is 6.07 Å². The lowest BCUT2D eigenvalue weighted by atomic mass is 10.2. The Morgan fingerprint density at radius 3 is 2.79 bits per heavy atom. The predicted molar refractivity (Wildman–Crippen MR) is 101 cm³/mol. The summed E-state index contributed by atoms with van der Waals surface area (Å²) in [6, 6.07) is 11.1. The summed E-state index contributed by atoms with van der Waals surface area (Å²) in [5.74, 6) is -0.621. The molecule has 9 heteroatoms. The third-order valence-corrected chi connectivity index (χ3v) is 5.37. The fourth-order valence-electron chi connectivity index (χ4n) is 2.83. The van der Waals surface area contributed by atoms with E-state index in [-0.39, 0.29) is 5.91 Å². The molecule has 144 valence electrons. The lowest BCUT2D eigenvalue weighted by molar-refractivity contribution is -0.155. The van der Waals surface area contributed by atoms with Crippen molar-refractivity contribution in [1.82, 2.24) is 4.90 Å². The van der Waals surface area contributed by atoms with E-state index in [0.29, 0.717) is 22.8 Å². The van der Waals surface area contributed by atoms with Crippen LogP contribution in [-0.4, -0.2) is 41.1 Å². The van der Waals surface area contributed by atoms with Crippen molar-refractivity contribution in [3.63, 3.8) is 0 Å². The minimum atomic E-state index is -0.809. The van der Waals surface area contributed by atoms with Gasteiger partial charge in [0.2, 0.25) is 5.91 Å². The molecule has 2 aromatic rings. The van der Waals surface area contributed by atoms with Crippen LogP contribution < -0.4 is 5.32 Å². The van der Waals surface area contributed by atoms with Crippen LogP contribution >= 0.6 is 11.8 Å². The molecule has 1 aromatic carbocycles. The van der Waals surface area contributed by atoms with Crippen LogP contribution in [0.3, 0.4) is 0 Å². The number of hydrogen-bond acceptors (Lipinski definition) is 7. The number of carbonyl (C=O) groups is 3. The Balaban J connectivity index is 1.60. The van der Waals surface area contributed by atoms with E-state index in [1.165, 1.54) is 29.8 Å². The van der Waals surface area contributed by atoms with Crippen LogP contribution in [0.5, 0.6) is 0 Å². The fraction of sp³-hybridized carbons (Fsp3) is 0.263. The van der Waals surface area contributed by atoms with Gasteiger partial charge in [0, 0.05) is 12.7 Å². The molecule has 3 rings (SSSR count). The molecule has 1 aromatic heterocycles. The van der Waals surface area contributed by atoms with Crippen LogP contribution in [-0.2, 0) is 19.1 Å². The van der Waals surface area contributed by atoms with Gasteiger partial charge in [-0.15, -0.1) is 11.8 Å². The molecular weight excluding hydrogens is 382 g/mol. The van der Waals surface area contributed by atoms with Crippen LogP contribution in [0.2, 0.25) is 0 Å². The van der Waals surface area contributed by atoms with Gasteiger partial charge in [0.05, 0.1) is 17.5 Å². The van der Waals surface area contributed by atoms with Crippen LogP contribution in [0.15, 0.2) is 47.1 Å². The number of benzene rings is 1. The SMILES string of the molecule is CC(=O)N1[C@@H](C(=O)OCC(=O)Nc2ccccc2C#N)CS[C@@H]1c1ccco1. The normalized spacial score (nSPS) is 18.4. The van der Waals surface area contributed by atoms with E-state index in [9.17, 15) is 14.4 Å². The van der Waals surface area contributed by atoms with E-state index in [1.54, 1.807) is 36.4 Å². The van der Waals surface area contributed by atoms with Crippen molar-refractivity contribution in [2.24, 2.45) is 0 Å². The predicted octanol–water partition coefficient (Wildman–Crippen LogP) is 2.30. The molecule has 2 atom stereocenters. The highest BCUT2D eigenvalue weighted by Crippen LogP contribution is 2.41. The number of nitrogens with one attached hydrogen (secondary N) is 1. The lowest BCUT2D eigenvalue weighted by Gasteiger charge is -2.25. The van der Waals surface area contributed by atoms with Gasteiger partial charge in [-0.05, 0) is 24.3 Å². The molecule has 28 heavy (non-hydrogen) atoms. The first kappa shape index (κ1) is 19.5. The molecule has 0 aliphatic carbocycles. The Hall–Kier alpha value is -3.25. The first-order valence-electron chi connectivity index (χ1n) is 8.40.